The lowest BCUT2D eigenvalue weighted by Crippen LogP contribution is -2.23. The average Bonchev–Trinajstić information content (AvgIpc) is 3.24. The number of amides is 1. The third-order valence-corrected chi connectivity index (χ3v) is 5.11. The van der Waals surface area contributed by atoms with Crippen molar-refractivity contribution in [1.29, 1.82) is 0 Å². The molecule has 0 atom stereocenters. The SMILES string of the molecule is O=C1OC(c2ccc(N3CCCC3=O)cc2)=N/C1=C\c1ccc(Cl)c(Cl)c1. The molecule has 0 spiro atoms. The van der Waals surface area contributed by atoms with E-state index in [1.807, 2.05) is 12.1 Å². The number of carbonyl (C=O) groups is 2. The second kappa shape index (κ2) is 7.18. The minimum Gasteiger partial charge on any atom is -0.402 e. The molecule has 1 saturated heterocycles. The van der Waals surface area contributed by atoms with Crippen molar-refractivity contribution in [1.82, 2.24) is 0 Å². The van der Waals surface area contributed by atoms with E-state index in [-0.39, 0.29) is 17.5 Å². The van der Waals surface area contributed by atoms with Crippen LogP contribution in [-0.2, 0) is 14.3 Å². The van der Waals surface area contributed by atoms with E-state index in [9.17, 15) is 9.59 Å². The van der Waals surface area contributed by atoms with Gasteiger partial charge in [-0.05, 0) is 54.5 Å². The molecule has 0 saturated carbocycles. The van der Waals surface area contributed by atoms with Crippen LogP contribution in [0.25, 0.3) is 6.08 Å². The van der Waals surface area contributed by atoms with Gasteiger partial charge >= 0.3 is 5.97 Å². The van der Waals surface area contributed by atoms with E-state index in [1.54, 1.807) is 41.3 Å². The highest BCUT2D eigenvalue weighted by atomic mass is 35.5. The average molecular weight is 401 g/mol. The normalized spacial score (nSPS) is 18.2. The van der Waals surface area contributed by atoms with E-state index < -0.39 is 5.97 Å². The highest BCUT2D eigenvalue weighted by molar-refractivity contribution is 6.42. The Morgan fingerprint density at radius 3 is 2.48 bits per heavy atom. The van der Waals surface area contributed by atoms with E-state index in [1.165, 1.54) is 0 Å². The van der Waals surface area contributed by atoms with E-state index >= 15 is 0 Å². The Morgan fingerprint density at radius 2 is 1.81 bits per heavy atom. The van der Waals surface area contributed by atoms with Crippen molar-refractivity contribution in [3.05, 3.63) is 69.3 Å². The zero-order chi connectivity index (χ0) is 19.0. The largest absolute Gasteiger partial charge is 0.402 e. The standard InChI is InChI=1S/C20H14Cl2N2O3/c21-15-8-3-12(10-16(15)22)11-17-20(26)27-19(23-17)13-4-6-14(7-5-13)24-9-1-2-18(24)25/h3-8,10-11H,1-2,9H2/b17-11-. The van der Waals surface area contributed by atoms with E-state index in [0.717, 1.165) is 18.7 Å². The first-order valence-electron chi connectivity index (χ1n) is 8.40. The number of ether oxygens (including phenoxy) is 1. The van der Waals surface area contributed by atoms with Gasteiger partial charge in [-0.3, -0.25) is 4.79 Å². The maximum Gasteiger partial charge on any atom is 0.363 e. The molecule has 0 unspecified atom stereocenters. The number of halogens is 2. The first kappa shape index (κ1) is 17.8. The van der Waals surface area contributed by atoms with Gasteiger partial charge in [-0.25, -0.2) is 9.79 Å². The van der Waals surface area contributed by atoms with Gasteiger partial charge in [-0.2, -0.15) is 0 Å². The smallest absolute Gasteiger partial charge is 0.363 e. The quantitative estimate of drug-likeness (QED) is 0.564. The van der Waals surface area contributed by atoms with Crippen molar-refractivity contribution < 1.29 is 14.3 Å². The number of esters is 1. The maximum absolute atomic E-state index is 12.1. The molecule has 5 nitrogen and oxygen atoms in total. The predicted molar refractivity (Wildman–Crippen MR) is 105 cm³/mol. The summed E-state index contributed by atoms with van der Waals surface area (Å²) in [5.74, 6) is -0.181. The van der Waals surface area contributed by atoms with Gasteiger partial charge < -0.3 is 9.64 Å². The minimum absolute atomic E-state index is 0.124. The van der Waals surface area contributed by atoms with Gasteiger partial charge in [0.15, 0.2) is 5.70 Å². The molecule has 136 valence electrons. The van der Waals surface area contributed by atoms with Crippen molar-refractivity contribution in [3.8, 4) is 0 Å². The van der Waals surface area contributed by atoms with Gasteiger partial charge in [0.05, 0.1) is 10.0 Å². The third kappa shape index (κ3) is 3.61. The maximum atomic E-state index is 12.1. The Morgan fingerprint density at radius 1 is 1.04 bits per heavy atom. The Bertz CT molecular complexity index is 997. The molecule has 2 aliphatic rings. The van der Waals surface area contributed by atoms with E-state index in [2.05, 4.69) is 4.99 Å². The van der Waals surface area contributed by atoms with Crippen LogP contribution < -0.4 is 4.90 Å². The van der Waals surface area contributed by atoms with Crippen LogP contribution in [-0.4, -0.2) is 24.3 Å². The van der Waals surface area contributed by atoms with Gasteiger partial charge in [0.2, 0.25) is 11.8 Å². The molecule has 7 heteroatoms. The van der Waals surface area contributed by atoms with Crippen LogP contribution in [0.3, 0.4) is 0 Å². The lowest BCUT2D eigenvalue weighted by atomic mass is 10.2. The number of nitrogens with zero attached hydrogens (tertiary/aromatic N) is 2. The summed E-state index contributed by atoms with van der Waals surface area (Å²) in [6.07, 6.45) is 3.04. The Labute approximate surface area is 165 Å². The van der Waals surface area contributed by atoms with Crippen molar-refractivity contribution in [2.45, 2.75) is 12.8 Å². The topological polar surface area (TPSA) is 59.0 Å². The van der Waals surface area contributed by atoms with Crippen molar-refractivity contribution in [2.75, 3.05) is 11.4 Å². The summed E-state index contributed by atoms with van der Waals surface area (Å²) in [4.78, 5) is 30.0. The number of benzene rings is 2. The molecule has 0 radical (unpaired) electrons. The number of cyclic esters (lactones) is 1. The van der Waals surface area contributed by atoms with Crippen LogP contribution in [0.2, 0.25) is 10.0 Å². The van der Waals surface area contributed by atoms with Gasteiger partial charge in [0.25, 0.3) is 0 Å². The lowest BCUT2D eigenvalue weighted by Gasteiger charge is -2.15. The molecule has 2 aliphatic heterocycles. The van der Waals surface area contributed by atoms with Gasteiger partial charge in [-0.1, -0.05) is 29.3 Å². The number of carbonyl (C=O) groups excluding carboxylic acids is 2. The summed E-state index contributed by atoms with van der Waals surface area (Å²) in [6, 6.07) is 12.3. The van der Waals surface area contributed by atoms with Crippen LogP contribution in [0.15, 0.2) is 53.2 Å². The molecule has 0 N–H and O–H groups in total. The molecular formula is C20H14Cl2N2O3. The van der Waals surface area contributed by atoms with Crippen LogP contribution >= 0.6 is 23.2 Å². The molecular weight excluding hydrogens is 387 g/mol. The number of hydrogen-bond acceptors (Lipinski definition) is 4. The van der Waals surface area contributed by atoms with E-state index in [4.69, 9.17) is 27.9 Å². The summed E-state index contributed by atoms with van der Waals surface area (Å²) < 4.78 is 5.28. The number of anilines is 1. The second-order valence-corrected chi connectivity index (χ2v) is 7.02. The lowest BCUT2D eigenvalue weighted by molar-refractivity contribution is -0.130. The summed E-state index contributed by atoms with van der Waals surface area (Å²) in [5.41, 5.74) is 2.38. The fraction of sp³-hybridized carbons (Fsp3) is 0.150. The number of aliphatic imine (C=N–C) groups is 1. The van der Waals surface area contributed by atoms with Gasteiger partial charge in [-0.15, -0.1) is 0 Å². The molecule has 2 aromatic carbocycles. The number of hydrogen-bond donors (Lipinski definition) is 0. The van der Waals surface area contributed by atoms with Gasteiger partial charge in [0, 0.05) is 24.2 Å². The molecule has 4 rings (SSSR count). The molecule has 0 bridgehead atoms. The van der Waals surface area contributed by atoms with E-state index in [0.29, 0.717) is 27.6 Å². The van der Waals surface area contributed by atoms with Crippen LogP contribution in [0.1, 0.15) is 24.0 Å². The number of rotatable bonds is 3. The Kier molecular flexibility index (Phi) is 4.72. The van der Waals surface area contributed by atoms with Crippen molar-refractivity contribution >= 4 is 52.7 Å². The summed E-state index contributed by atoms with van der Waals surface area (Å²) in [5, 5.41) is 0.835. The zero-order valence-corrected chi connectivity index (χ0v) is 15.6. The van der Waals surface area contributed by atoms with Crippen LogP contribution in [0.5, 0.6) is 0 Å². The van der Waals surface area contributed by atoms with Crippen molar-refractivity contribution in [3.63, 3.8) is 0 Å². The minimum atomic E-state index is -0.533. The monoisotopic (exact) mass is 400 g/mol. The summed E-state index contributed by atoms with van der Waals surface area (Å²) in [6.45, 7) is 0.727. The van der Waals surface area contributed by atoms with Crippen molar-refractivity contribution in [2.24, 2.45) is 4.99 Å². The Balaban J connectivity index is 1.58. The molecule has 0 aromatic heterocycles. The first-order valence-corrected chi connectivity index (χ1v) is 9.15. The molecule has 1 amide bonds. The zero-order valence-electron chi connectivity index (χ0n) is 14.1. The molecule has 2 heterocycles. The molecule has 27 heavy (non-hydrogen) atoms. The van der Waals surface area contributed by atoms with Crippen LogP contribution in [0.4, 0.5) is 5.69 Å². The fourth-order valence-electron chi connectivity index (χ4n) is 3.00. The third-order valence-electron chi connectivity index (χ3n) is 4.37. The van der Waals surface area contributed by atoms with Gasteiger partial charge in [0.1, 0.15) is 0 Å². The highest BCUT2D eigenvalue weighted by Gasteiger charge is 2.25. The summed E-state index contributed by atoms with van der Waals surface area (Å²) >= 11 is 11.9. The Hall–Kier alpha value is -2.63. The molecule has 1 fully saturated rings. The molecule has 0 aliphatic carbocycles. The van der Waals surface area contributed by atoms with Crippen LogP contribution in [0, 0.1) is 0 Å². The molecule has 2 aromatic rings. The highest BCUT2D eigenvalue weighted by Crippen LogP contribution is 2.26. The first-order chi connectivity index (χ1) is 13.0. The second-order valence-electron chi connectivity index (χ2n) is 6.21. The summed E-state index contributed by atoms with van der Waals surface area (Å²) in [7, 11) is 0. The fourth-order valence-corrected chi connectivity index (χ4v) is 3.30. The predicted octanol–water partition coefficient (Wildman–Crippen LogP) is 4.46.